The molecule has 18 heavy (non-hydrogen) atoms. The molecule has 0 amide bonds. The number of allylic oxidation sites excluding steroid dienone is 1. The van der Waals surface area contributed by atoms with Crippen LogP contribution in [0.5, 0.6) is 0 Å². The fourth-order valence-corrected chi connectivity index (χ4v) is 5.54. The van der Waals surface area contributed by atoms with Crippen LogP contribution in [0.2, 0.25) is 13.1 Å². The molecule has 1 fully saturated rings. The largest absolute Gasteiger partial charge is 0.110 e. The van der Waals surface area contributed by atoms with Gasteiger partial charge in [0, 0.05) is 0 Å². The van der Waals surface area contributed by atoms with E-state index in [9.17, 15) is 0 Å². The highest BCUT2D eigenvalue weighted by atomic mass is 28.3. The maximum Gasteiger partial charge on any atom is 0.110 e. The molecule has 1 aliphatic rings. The third-order valence-corrected chi connectivity index (χ3v) is 7.82. The summed E-state index contributed by atoms with van der Waals surface area (Å²) in [5.41, 5.74) is 0. The summed E-state index contributed by atoms with van der Waals surface area (Å²) in [4.78, 5) is 1.76. The summed E-state index contributed by atoms with van der Waals surface area (Å²) in [6.45, 7) is 4.88. The molecule has 0 atom stereocenters. The molecule has 2 rings (SSSR count). The molecule has 0 N–H and O–H groups in total. The second-order valence-corrected chi connectivity index (χ2v) is 9.87. The molecule has 1 aromatic rings. The standard InChI is InChI=1S/C16H23Si2/c1-18(2)16(13-14-9-5-3-6-10-14)17-15-11-7-4-8-12-15/h4,7-8,11-14H,3,5-6,9-10H2,1-2H3/b16-13-. The molecule has 0 aliphatic heterocycles. The topological polar surface area (TPSA) is 0 Å². The van der Waals surface area contributed by atoms with Crippen LogP contribution in [-0.4, -0.2) is 18.3 Å². The molecule has 0 aromatic heterocycles. The van der Waals surface area contributed by atoms with E-state index in [1.807, 2.05) is 0 Å². The molecular formula is C16H23Si2. The van der Waals surface area contributed by atoms with Gasteiger partial charge in [-0.05, 0) is 18.8 Å². The molecule has 0 saturated heterocycles. The minimum Gasteiger partial charge on any atom is -0.0946 e. The molecule has 0 spiro atoms. The van der Waals surface area contributed by atoms with Crippen LogP contribution in [0.15, 0.2) is 41.2 Å². The number of hydrogen-bond acceptors (Lipinski definition) is 0. The van der Waals surface area contributed by atoms with Gasteiger partial charge in [-0.15, -0.1) is 0 Å². The highest BCUT2D eigenvalue weighted by molar-refractivity contribution is 6.84. The Balaban J connectivity index is 2.05. The Morgan fingerprint density at radius 3 is 2.39 bits per heavy atom. The second kappa shape index (κ2) is 7.10. The van der Waals surface area contributed by atoms with Crippen molar-refractivity contribution in [2.75, 3.05) is 0 Å². The van der Waals surface area contributed by atoms with E-state index in [4.69, 9.17) is 0 Å². The lowest BCUT2D eigenvalue weighted by molar-refractivity contribution is 0.419. The van der Waals surface area contributed by atoms with E-state index in [1.54, 1.807) is 4.82 Å². The third kappa shape index (κ3) is 4.25. The van der Waals surface area contributed by atoms with Crippen molar-refractivity contribution < 1.29 is 0 Å². The SMILES string of the molecule is C[Si](C)/C(=C\C1CCCCC1)[Si]c1ccccc1. The fraction of sp³-hybridized carbons (Fsp3) is 0.500. The van der Waals surface area contributed by atoms with Gasteiger partial charge in [-0.25, -0.2) is 0 Å². The first-order chi connectivity index (χ1) is 8.75. The molecule has 1 aromatic carbocycles. The first-order valence-electron chi connectivity index (χ1n) is 7.10. The van der Waals surface area contributed by atoms with Crippen molar-refractivity contribution in [3.05, 3.63) is 41.2 Å². The zero-order valence-electron chi connectivity index (χ0n) is 11.6. The molecule has 1 saturated carbocycles. The van der Waals surface area contributed by atoms with Crippen molar-refractivity contribution >= 4 is 23.5 Å². The minimum absolute atomic E-state index is 0.296. The van der Waals surface area contributed by atoms with E-state index in [0.29, 0.717) is 0 Å². The van der Waals surface area contributed by atoms with Gasteiger partial charge in [-0.3, -0.25) is 0 Å². The van der Waals surface area contributed by atoms with E-state index in [0.717, 1.165) is 15.4 Å². The Kier molecular flexibility index (Phi) is 5.45. The van der Waals surface area contributed by atoms with Crippen molar-refractivity contribution in [1.29, 1.82) is 0 Å². The highest BCUT2D eigenvalue weighted by Gasteiger charge is 2.14. The predicted molar refractivity (Wildman–Crippen MR) is 84.0 cm³/mol. The molecule has 0 heterocycles. The van der Waals surface area contributed by atoms with E-state index >= 15 is 0 Å². The van der Waals surface area contributed by atoms with Crippen LogP contribution in [0.25, 0.3) is 0 Å². The smallest absolute Gasteiger partial charge is 0.0946 e. The lowest BCUT2D eigenvalue weighted by atomic mass is 9.89. The molecule has 0 unspecified atom stereocenters. The molecule has 1 aliphatic carbocycles. The summed E-state index contributed by atoms with van der Waals surface area (Å²) in [5.74, 6) is 0.880. The van der Waals surface area contributed by atoms with Crippen molar-refractivity contribution in [3.8, 4) is 0 Å². The molecule has 2 heteroatoms. The monoisotopic (exact) mass is 271 g/mol. The van der Waals surface area contributed by atoms with Gasteiger partial charge in [0.25, 0.3) is 0 Å². The molecule has 0 bridgehead atoms. The Morgan fingerprint density at radius 2 is 1.78 bits per heavy atom. The Bertz CT molecular complexity index is 375. The maximum atomic E-state index is 2.65. The molecular weight excluding hydrogens is 248 g/mol. The maximum absolute atomic E-state index is 2.65. The zero-order valence-corrected chi connectivity index (χ0v) is 13.6. The Morgan fingerprint density at radius 1 is 1.11 bits per heavy atom. The van der Waals surface area contributed by atoms with Crippen LogP contribution in [0.4, 0.5) is 0 Å². The summed E-state index contributed by atoms with van der Waals surface area (Å²) in [6, 6.07) is 11.0. The summed E-state index contributed by atoms with van der Waals surface area (Å²) < 4.78 is 0. The molecule has 95 valence electrons. The lowest BCUT2D eigenvalue weighted by Crippen LogP contribution is -2.24. The average molecular weight is 272 g/mol. The van der Waals surface area contributed by atoms with Crippen molar-refractivity contribution in [1.82, 2.24) is 0 Å². The zero-order chi connectivity index (χ0) is 12.8. The summed E-state index contributed by atoms with van der Waals surface area (Å²) in [6.07, 6.45) is 9.85. The van der Waals surface area contributed by atoms with Crippen molar-refractivity contribution in [2.24, 2.45) is 5.92 Å². The van der Waals surface area contributed by atoms with E-state index in [-0.39, 0.29) is 8.80 Å². The average Bonchev–Trinajstić information content (AvgIpc) is 2.40. The van der Waals surface area contributed by atoms with Gasteiger partial charge in [-0.2, -0.15) is 0 Å². The second-order valence-electron chi connectivity index (χ2n) is 5.47. The Labute approximate surface area is 116 Å². The number of rotatable bonds is 4. The summed E-state index contributed by atoms with van der Waals surface area (Å²) in [5, 5.41) is 1.51. The van der Waals surface area contributed by atoms with E-state index < -0.39 is 0 Å². The van der Waals surface area contributed by atoms with Gasteiger partial charge in [0.2, 0.25) is 0 Å². The van der Waals surface area contributed by atoms with Gasteiger partial charge in [0.1, 0.15) is 9.52 Å². The van der Waals surface area contributed by atoms with Gasteiger partial charge in [0.05, 0.1) is 8.80 Å². The van der Waals surface area contributed by atoms with Crippen molar-refractivity contribution in [2.45, 2.75) is 45.2 Å². The van der Waals surface area contributed by atoms with E-state index in [1.165, 1.54) is 37.3 Å². The minimum atomic E-state index is -0.296. The molecule has 3 radical (unpaired) electrons. The van der Waals surface area contributed by atoms with Crippen molar-refractivity contribution in [3.63, 3.8) is 0 Å². The van der Waals surface area contributed by atoms with Gasteiger partial charge in [-0.1, -0.05) is 78.8 Å². The highest BCUT2D eigenvalue weighted by Crippen LogP contribution is 2.25. The van der Waals surface area contributed by atoms with E-state index in [2.05, 4.69) is 49.5 Å². The van der Waals surface area contributed by atoms with Gasteiger partial charge >= 0.3 is 0 Å². The van der Waals surface area contributed by atoms with Gasteiger partial charge < -0.3 is 0 Å². The van der Waals surface area contributed by atoms with Gasteiger partial charge in [0.15, 0.2) is 0 Å². The predicted octanol–water partition coefficient (Wildman–Crippen LogP) is 3.77. The van der Waals surface area contributed by atoms with Crippen LogP contribution in [0.3, 0.4) is 0 Å². The quantitative estimate of drug-likeness (QED) is 0.731. The van der Waals surface area contributed by atoms with Crippen LogP contribution in [0, 0.1) is 5.92 Å². The fourth-order valence-electron chi connectivity index (χ4n) is 2.55. The Hall–Kier alpha value is -0.606. The normalized spacial score (nSPS) is 18.3. The van der Waals surface area contributed by atoms with Crippen LogP contribution >= 0.6 is 0 Å². The summed E-state index contributed by atoms with van der Waals surface area (Å²) in [7, 11) is 0.611. The summed E-state index contributed by atoms with van der Waals surface area (Å²) >= 11 is 0. The number of benzene rings is 1. The third-order valence-electron chi connectivity index (χ3n) is 3.64. The number of hydrogen-bond donors (Lipinski definition) is 0. The van der Waals surface area contributed by atoms with Crippen LogP contribution < -0.4 is 5.19 Å². The van der Waals surface area contributed by atoms with Crippen LogP contribution in [-0.2, 0) is 0 Å². The van der Waals surface area contributed by atoms with Crippen LogP contribution in [0.1, 0.15) is 32.1 Å². The molecule has 0 nitrogen and oxygen atoms in total. The first kappa shape index (κ1) is 13.8. The first-order valence-corrected chi connectivity index (χ1v) is 10.6. The lowest BCUT2D eigenvalue weighted by Gasteiger charge is -2.21.